The molecule has 0 bridgehead atoms. The first-order valence-electron chi connectivity index (χ1n) is 5.11. The van der Waals surface area contributed by atoms with Crippen LogP contribution in [0.1, 0.15) is 33.6 Å². The van der Waals surface area contributed by atoms with Crippen molar-refractivity contribution < 1.29 is 0 Å². The Balaban J connectivity index is 3.81. The van der Waals surface area contributed by atoms with Crippen LogP contribution >= 0.6 is 11.8 Å². The molecular formula is C11H23NS. The van der Waals surface area contributed by atoms with Gasteiger partial charge in [0.15, 0.2) is 0 Å². The Morgan fingerprint density at radius 3 is 2.31 bits per heavy atom. The van der Waals surface area contributed by atoms with Crippen LogP contribution in [0.15, 0.2) is 12.2 Å². The van der Waals surface area contributed by atoms with Crippen LogP contribution in [0.4, 0.5) is 0 Å². The van der Waals surface area contributed by atoms with Gasteiger partial charge in [0.25, 0.3) is 0 Å². The second kappa shape index (κ2) is 7.45. The lowest BCUT2D eigenvalue weighted by Crippen LogP contribution is -2.36. The summed E-state index contributed by atoms with van der Waals surface area (Å²) in [5.74, 6) is 0. The van der Waals surface area contributed by atoms with Crippen molar-refractivity contribution >= 4 is 11.8 Å². The molecule has 0 aliphatic rings. The zero-order chi connectivity index (χ0) is 10.2. The number of hydrogen-bond donors (Lipinski definition) is 1. The Bertz CT molecular complexity index is 131. The fourth-order valence-electron chi connectivity index (χ4n) is 1.36. The summed E-state index contributed by atoms with van der Waals surface area (Å²) in [7, 11) is 0. The lowest BCUT2D eigenvalue weighted by molar-refractivity contribution is 0.509. The maximum absolute atomic E-state index is 3.47. The third-order valence-corrected chi connectivity index (χ3v) is 4.25. The number of rotatable bonds is 7. The number of hydrogen-bond acceptors (Lipinski definition) is 2. The normalized spacial score (nSPS) is 12.6. The van der Waals surface area contributed by atoms with Crippen molar-refractivity contribution in [3.63, 3.8) is 0 Å². The predicted octanol–water partition coefficient (Wildman–Crippen LogP) is 3.07. The number of allylic oxidation sites excluding steroid dienone is 1. The highest BCUT2D eigenvalue weighted by molar-refractivity contribution is 8.00. The van der Waals surface area contributed by atoms with E-state index in [0.29, 0.717) is 4.75 Å². The average molecular weight is 201 g/mol. The standard InChI is InChI=1S/C11H23NS/c1-5-8-9-12-10-11(6-2,7-3)13-4/h5,8,12H,6-7,9-10H2,1-4H3/b8-5+. The quantitative estimate of drug-likeness (QED) is 0.502. The molecule has 0 saturated carbocycles. The molecule has 0 spiro atoms. The lowest BCUT2D eigenvalue weighted by atomic mass is 10.0. The van der Waals surface area contributed by atoms with Gasteiger partial charge in [-0.1, -0.05) is 26.0 Å². The van der Waals surface area contributed by atoms with E-state index in [-0.39, 0.29) is 0 Å². The molecule has 0 aromatic heterocycles. The van der Waals surface area contributed by atoms with Crippen LogP contribution in [0.3, 0.4) is 0 Å². The van der Waals surface area contributed by atoms with Crippen LogP contribution < -0.4 is 5.32 Å². The monoisotopic (exact) mass is 201 g/mol. The minimum absolute atomic E-state index is 0.446. The number of thioether (sulfide) groups is 1. The smallest absolute Gasteiger partial charge is 0.0276 e. The van der Waals surface area contributed by atoms with Gasteiger partial charge < -0.3 is 5.32 Å². The average Bonchev–Trinajstić information content (AvgIpc) is 2.20. The summed E-state index contributed by atoms with van der Waals surface area (Å²) < 4.78 is 0.446. The predicted molar refractivity (Wildman–Crippen MR) is 64.5 cm³/mol. The van der Waals surface area contributed by atoms with Gasteiger partial charge in [0.05, 0.1) is 0 Å². The Kier molecular flexibility index (Phi) is 7.48. The first-order valence-corrected chi connectivity index (χ1v) is 6.34. The molecule has 13 heavy (non-hydrogen) atoms. The molecule has 0 unspecified atom stereocenters. The van der Waals surface area contributed by atoms with Crippen molar-refractivity contribution in [3.8, 4) is 0 Å². The first-order chi connectivity index (χ1) is 6.24. The molecule has 78 valence electrons. The Hall–Kier alpha value is 0.0500. The Morgan fingerprint density at radius 1 is 1.31 bits per heavy atom. The summed E-state index contributed by atoms with van der Waals surface area (Å²) in [6.45, 7) is 8.72. The summed E-state index contributed by atoms with van der Waals surface area (Å²) in [6.07, 6.45) is 8.95. The van der Waals surface area contributed by atoms with E-state index >= 15 is 0 Å². The van der Waals surface area contributed by atoms with Crippen molar-refractivity contribution in [2.45, 2.75) is 38.4 Å². The van der Waals surface area contributed by atoms with Gasteiger partial charge >= 0.3 is 0 Å². The molecule has 0 aromatic carbocycles. The maximum atomic E-state index is 3.47. The van der Waals surface area contributed by atoms with Crippen LogP contribution in [0, 0.1) is 0 Å². The van der Waals surface area contributed by atoms with E-state index in [2.05, 4.69) is 44.5 Å². The van der Waals surface area contributed by atoms with Gasteiger partial charge in [-0.3, -0.25) is 0 Å². The van der Waals surface area contributed by atoms with Crippen molar-refractivity contribution in [2.75, 3.05) is 19.3 Å². The van der Waals surface area contributed by atoms with E-state index in [0.717, 1.165) is 13.1 Å². The summed E-state index contributed by atoms with van der Waals surface area (Å²) in [4.78, 5) is 0. The largest absolute Gasteiger partial charge is 0.312 e. The highest BCUT2D eigenvalue weighted by Crippen LogP contribution is 2.29. The van der Waals surface area contributed by atoms with Gasteiger partial charge in [-0.2, -0.15) is 11.8 Å². The van der Waals surface area contributed by atoms with E-state index in [4.69, 9.17) is 0 Å². The van der Waals surface area contributed by atoms with Crippen LogP contribution in [0.2, 0.25) is 0 Å². The van der Waals surface area contributed by atoms with Crippen molar-refractivity contribution in [1.82, 2.24) is 5.32 Å². The van der Waals surface area contributed by atoms with Gasteiger partial charge in [0, 0.05) is 17.8 Å². The molecule has 0 rings (SSSR count). The molecule has 0 amide bonds. The minimum atomic E-state index is 0.446. The maximum Gasteiger partial charge on any atom is 0.0276 e. The minimum Gasteiger partial charge on any atom is -0.312 e. The molecular weight excluding hydrogens is 178 g/mol. The Labute approximate surface area is 87.4 Å². The highest BCUT2D eigenvalue weighted by Gasteiger charge is 2.23. The molecule has 1 nitrogen and oxygen atoms in total. The molecule has 0 saturated heterocycles. The third-order valence-electron chi connectivity index (χ3n) is 2.67. The fourth-order valence-corrected chi connectivity index (χ4v) is 2.19. The highest BCUT2D eigenvalue weighted by atomic mass is 32.2. The second-order valence-corrected chi connectivity index (χ2v) is 4.57. The van der Waals surface area contributed by atoms with E-state index in [1.54, 1.807) is 0 Å². The number of nitrogens with one attached hydrogen (secondary N) is 1. The summed E-state index contributed by atoms with van der Waals surface area (Å²) in [5, 5.41) is 3.47. The van der Waals surface area contributed by atoms with Gasteiger partial charge in [-0.05, 0) is 26.0 Å². The van der Waals surface area contributed by atoms with E-state index in [1.165, 1.54) is 12.8 Å². The van der Waals surface area contributed by atoms with Crippen molar-refractivity contribution in [2.24, 2.45) is 0 Å². The molecule has 0 atom stereocenters. The summed E-state index contributed by atoms with van der Waals surface area (Å²) >= 11 is 1.99. The van der Waals surface area contributed by atoms with E-state index in [1.807, 2.05) is 11.8 Å². The van der Waals surface area contributed by atoms with E-state index < -0.39 is 0 Å². The SMILES string of the molecule is C/C=C/CNCC(CC)(CC)SC. The molecule has 0 radical (unpaired) electrons. The second-order valence-electron chi connectivity index (χ2n) is 3.29. The zero-order valence-electron chi connectivity index (χ0n) is 9.39. The van der Waals surface area contributed by atoms with Gasteiger partial charge in [0.2, 0.25) is 0 Å². The van der Waals surface area contributed by atoms with Crippen LogP contribution in [0.5, 0.6) is 0 Å². The molecule has 0 heterocycles. The fraction of sp³-hybridized carbons (Fsp3) is 0.818. The van der Waals surface area contributed by atoms with E-state index in [9.17, 15) is 0 Å². The van der Waals surface area contributed by atoms with Crippen molar-refractivity contribution in [3.05, 3.63) is 12.2 Å². The van der Waals surface area contributed by atoms with Gasteiger partial charge in [0.1, 0.15) is 0 Å². The molecule has 0 aromatic rings. The van der Waals surface area contributed by atoms with Gasteiger partial charge in [-0.25, -0.2) is 0 Å². The Morgan fingerprint density at radius 2 is 1.92 bits per heavy atom. The van der Waals surface area contributed by atoms with Gasteiger partial charge in [-0.15, -0.1) is 0 Å². The molecule has 2 heteroatoms. The third kappa shape index (κ3) is 4.72. The van der Waals surface area contributed by atoms with Crippen LogP contribution in [-0.4, -0.2) is 24.1 Å². The van der Waals surface area contributed by atoms with Crippen LogP contribution in [-0.2, 0) is 0 Å². The zero-order valence-corrected chi connectivity index (χ0v) is 10.2. The topological polar surface area (TPSA) is 12.0 Å². The van der Waals surface area contributed by atoms with Crippen LogP contribution in [0.25, 0.3) is 0 Å². The molecule has 0 aliphatic carbocycles. The van der Waals surface area contributed by atoms with Crippen molar-refractivity contribution in [1.29, 1.82) is 0 Å². The molecule has 0 aliphatic heterocycles. The molecule has 0 fully saturated rings. The summed E-state index contributed by atoms with van der Waals surface area (Å²) in [5.41, 5.74) is 0. The first kappa shape index (κ1) is 13.1. The molecule has 1 N–H and O–H groups in total. The summed E-state index contributed by atoms with van der Waals surface area (Å²) in [6, 6.07) is 0. The lowest BCUT2D eigenvalue weighted by Gasteiger charge is -2.29.